The molecule has 0 spiro atoms. The molecule has 1 atom stereocenters. The fourth-order valence-electron chi connectivity index (χ4n) is 3.12. The maximum absolute atomic E-state index is 12.6. The third kappa shape index (κ3) is 3.28. The van der Waals surface area contributed by atoms with Crippen molar-refractivity contribution < 1.29 is 9.53 Å². The number of ether oxygens (including phenoxy) is 1. The molecular formula is C18H24N4O2. The fourth-order valence-corrected chi connectivity index (χ4v) is 3.12. The normalized spacial score (nSPS) is 20.9. The second-order valence-electron chi connectivity index (χ2n) is 6.44. The van der Waals surface area contributed by atoms with E-state index in [9.17, 15) is 4.79 Å². The minimum Gasteiger partial charge on any atom is -0.367 e. The van der Waals surface area contributed by atoms with Gasteiger partial charge >= 0.3 is 6.03 Å². The Labute approximate surface area is 142 Å². The number of aromatic amines is 1. The number of rotatable bonds is 3. The van der Waals surface area contributed by atoms with Crippen molar-refractivity contribution in [2.45, 2.75) is 32.9 Å². The number of morpholine rings is 1. The van der Waals surface area contributed by atoms with Crippen molar-refractivity contribution in [1.82, 2.24) is 20.4 Å². The number of aromatic nitrogens is 2. The zero-order chi connectivity index (χ0) is 17.2. The molecular weight excluding hydrogens is 304 g/mol. The first kappa shape index (κ1) is 16.5. The van der Waals surface area contributed by atoms with Crippen molar-refractivity contribution in [1.29, 1.82) is 0 Å². The van der Waals surface area contributed by atoms with Gasteiger partial charge in [0, 0.05) is 24.3 Å². The molecule has 2 heterocycles. The van der Waals surface area contributed by atoms with Crippen LogP contribution >= 0.6 is 0 Å². The van der Waals surface area contributed by atoms with Crippen LogP contribution in [0.5, 0.6) is 0 Å². The van der Waals surface area contributed by atoms with E-state index >= 15 is 0 Å². The smallest absolute Gasteiger partial charge is 0.317 e. The number of aryl methyl sites for hydroxylation is 2. The van der Waals surface area contributed by atoms with Crippen LogP contribution in [0.2, 0.25) is 0 Å². The fraction of sp³-hybridized carbons (Fsp3) is 0.444. The van der Waals surface area contributed by atoms with Gasteiger partial charge in [0.15, 0.2) is 0 Å². The second-order valence-corrected chi connectivity index (χ2v) is 6.44. The van der Waals surface area contributed by atoms with E-state index in [0.29, 0.717) is 26.2 Å². The number of urea groups is 1. The summed E-state index contributed by atoms with van der Waals surface area (Å²) in [6, 6.07) is 9.98. The average molecular weight is 328 g/mol. The van der Waals surface area contributed by atoms with Gasteiger partial charge < -0.3 is 15.0 Å². The molecule has 2 aromatic rings. The quantitative estimate of drug-likeness (QED) is 0.909. The number of benzene rings is 1. The van der Waals surface area contributed by atoms with Crippen LogP contribution in [0.1, 0.15) is 29.4 Å². The maximum atomic E-state index is 12.6. The van der Waals surface area contributed by atoms with Crippen LogP contribution in [0, 0.1) is 13.8 Å². The highest BCUT2D eigenvalue weighted by Crippen LogP contribution is 2.29. The Hall–Kier alpha value is -2.34. The summed E-state index contributed by atoms with van der Waals surface area (Å²) >= 11 is 0. The van der Waals surface area contributed by atoms with E-state index in [0.717, 1.165) is 22.5 Å². The predicted molar refractivity (Wildman–Crippen MR) is 91.6 cm³/mol. The highest BCUT2D eigenvalue weighted by Gasteiger charge is 2.35. The summed E-state index contributed by atoms with van der Waals surface area (Å²) in [5.74, 6) is 0. The highest BCUT2D eigenvalue weighted by molar-refractivity contribution is 5.74. The molecule has 1 fully saturated rings. The first-order valence-electron chi connectivity index (χ1n) is 8.22. The van der Waals surface area contributed by atoms with Gasteiger partial charge in [0.05, 0.1) is 18.8 Å². The van der Waals surface area contributed by atoms with Gasteiger partial charge in [0.1, 0.15) is 5.60 Å². The number of nitrogens with zero attached hydrogens (tertiary/aromatic N) is 2. The second kappa shape index (κ2) is 6.65. The Kier molecular flexibility index (Phi) is 4.57. The molecule has 0 unspecified atom stereocenters. The summed E-state index contributed by atoms with van der Waals surface area (Å²) in [7, 11) is 0. The number of hydrogen-bond donors (Lipinski definition) is 2. The number of H-pyrrole nitrogens is 1. The van der Waals surface area contributed by atoms with E-state index in [2.05, 4.69) is 15.5 Å². The molecule has 2 N–H and O–H groups in total. The Morgan fingerprint density at radius 2 is 2.12 bits per heavy atom. The molecule has 0 bridgehead atoms. The molecule has 24 heavy (non-hydrogen) atoms. The maximum Gasteiger partial charge on any atom is 0.317 e. The number of carbonyl (C=O) groups excluding carboxylic acids is 1. The van der Waals surface area contributed by atoms with Crippen molar-refractivity contribution in [2.75, 3.05) is 19.7 Å². The molecule has 128 valence electrons. The van der Waals surface area contributed by atoms with Crippen molar-refractivity contribution in [2.24, 2.45) is 0 Å². The predicted octanol–water partition coefficient (Wildman–Crippen LogP) is 2.48. The van der Waals surface area contributed by atoms with Gasteiger partial charge in [0.2, 0.25) is 0 Å². The Bertz CT molecular complexity index is 694. The summed E-state index contributed by atoms with van der Waals surface area (Å²) in [5, 5.41) is 10.1. The lowest BCUT2D eigenvalue weighted by Gasteiger charge is -2.40. The third-order valence-corrected chi connectivity index (χ3v) is 4.64. The topological polar surface area (TPSA) is 70.2 Å². The van der Waals surface area contributed by atoms with Crippen LogP contribution in [-0.4, -0.2) is 40.8 Å². The number of hydrogen-bond acceptors (Lipinski definition) is 3. The van der Waals surface area contributed by atoms with Crippen molar-refractivity contribution >= 4 is 6.03 Å². The number of carbonyl (C=O) groups is 1. The molecule has 3 rings (SSSR count). The van der Waals surface area contributed by atoms with E-state index in [4.69, 9.17) is 4.74 Å². The summed E-state index contributed by atoms with van der Waals surface area (Å²) in [6.07, 6.45) is 0. The number of amides is 2. The van der Waals surface area contributed by atoms with Gasteiger partial charge in [-0.15, -0.1) is 0 Å². The van der Waals surface area contributed by atoms with Gasteiger partial charge in [-0.3, -0.25) is 5.10 Å². The summed E-state index contributed by atoms with van der Waals surface area (Å²) in [5.41, 5.74) is 3.57. The summed E-state index contributed by atoms with van der Waals surface area (Å²) in [6.45, 7) is 8.07. The molecule has 0 saturated carbocycles. The van der Waals surface area contributed by atoms with E-state index in [-0.39, 0.29) is 6.03 Å². The van der Waals surface area contributed by atoms with Crippen molar-refractivity contribution in [3.05, 3.63) is 52.8 Å². The van der Waals surface area contributed by atoms with Gasteiger partial charge in [-0.2, -0.15) is 5.10 Å². The number of nitrogens with one attached hydrogen (secondary N) is 2. The molecule has 6 nitrogen and oxygen atoms in total. The molecule has 0 radical (unpaired) electrons. The van der Waals surface area contributed by atoms with Crippen LogP contribution in [0.25, 0.3) is 0 Å². The van der Waals surface area contributed by atoms with Crippen LogP contribution < -0.4 is 5.32 Å². The van der Waals surface area contributed by atoms with Gasteiger partial charge in [-0.1, -0.05) is 30.3 Å². The summed E-state index contributed by atoms with van der Waals surface area (Å²) in [4.78, 5) is 14.4. The molecule has 2 amide bonds. The van der Waals surface area contributed by atoms with Crippen molar-refractivity contribution in [3.63, 3.8) is 0 Å². The van der Waals surface area contributed by atoms with E-state index < -0.39 is 5.60 Å². The Balaban J connectivity index is 1.65. The van der Waals surface area contributed by atoms with Crippen LogP contribution in [0.3, 0.4) is 0 Å². The Morgan fingerprint density at radius 3 is 2.79 bits per heavy atom. The molecule has 0 aliphatic carbocycles. The molecule has 1 aliphatic heterocycles. The summed E-state index contributed by atoms with van der Waals surface area (Å²) < 4.78 is 5.98. The lowest BCUT2D eigenvalue weighted by molar-refractivity contribution is -0.0906. The average Bonchev–Trinajstić information content (AvgIpc) is 2.92. The van der Waals surface area contributed by atoms with E-state index in [1.54, 1.807) is 0 Å². The highest BCUT2D eigenvalue weighted by atomic mass is 16.5. The van der Waals surface area contributed by atoms with Crippen LogP contribution in [0.4, 0.5) is 4.79 Å². The lowest BCUT2D eigenvalue weighted by atomic mass is 9.94. The minimum atomic E-state index is -0.474. The SMILES string of the molecule is Cc1n[nH]c(C)c1CNC(=O)N1CCO[C@](C)(c2ccccc2)C1. The van der Waals surface area contributed by atoms with Crippen LogP contribution in [-0.2, 0) is 16.9 Å². The van der Waals surface area contributed by atoms with Crippen LogP contribution in [0.15, 0.2) is 30.3 Å². The monoisotopic (exact) mass is 328 g/mol. The molecule has 1 aromatic heterocycles. The van der Waals surface area contributed by atoms with E-state index in [1.165, 1.54) is 0 Å². The van der Waals surface area contributed by atoms with Gasteiger partial charge in [-0.05, 0) is 26.3 Å². The van der Waals surface area contributed by atoms with E-state index in [1.807, 2.05) is 56.0 Å². The standard InChI is InChI=1S/C18H24N4O2/c1-13-16(14(2)21-20-13)11-19-17(23)22-9-10-24-18(3,12-22)15-7-5-4-6-8-15/h4-8H,9-12H2,1-3H3,(H,19,23)(H,20,21)/t18-/m0/s1. The zero-order valence-corrected chi connectivity index (χ0v) is 14.4. The largest absolute Gasteiger partial charge is 0.367 e. The molecule has 1 aliphatic rings. The molecule has 6 heteroatoms. The zero-order valence-electron chi connectivity index (χ0n) is 14.4. The lowest BCUT2D eigenvalue weighted by Crippen LogP contribution is -2.53. The molecule has 1 aromatic carbocycles. The Morgan fingerprint density at radius 1 is 1.38 bits per heavy atom. The first-order valence-corrected chi connectivity index (χ1v) is 8.22. The first-order chi connectivity index (χ1) is 11.5. The minimum absolute atomic E-state index is 0.0690. The van der Waals surface area contributed by atoms with Crippen molar-refractivity contribution in [3.8, 4) is 0 Å². The third-order valence-electron chi connectivity index (χ3n) is 4.64. The molecule has 1 saturated heterocycles. The van der Waals surface area contributed by atoms with Gasteiger partial charge in [-0.25, -0.2) is 4.79 Å². The van der Waals surface area contributed by atoms with Gasteiger partial charge in [0.25, 0.3) is 0 Å².